The molecule has 0 atom stereocenters. The largest absolute Gasteiger partial charge is 0.462 e. The minimum absolute atomic E-state index is 0.0775. The Kier molecular flexibility index (Phi) is 7.17. The van der Waals surface area contributed by atoms with E-state index in [2.05, 4.69) is 25.1 Å². The number of ketones is 2. The Balaban J connectivity index is 1.22. The first-order valence-electron chi connectivity index (χ1n) is 11.4. The number of anilines is 1. The highest BCUT2D eigenvalue weighted by atomic mass is 16.5. The number of esters is 1. The molecule has 1 aliphatic heterocycles. The smallest absolute Gasteiger partial charge is 0.339 e. The molecular formula is C24H28N6O4. The van der Waals surface area contributed by atoms with Crippen molar-refractivity contribution in [2.75, 3.05) is 50.8 Å². The molecule has 3 N–H and O–H groups in total. The van der Waals surface area contributed by atoms with E-state index in [9.17, 15) is 14.4 Å². The number of nitrogens with two attached hydrogens (primary N) is 1. The predicted octanol–water partition coefficient (Wildman–Crippen LogP) is 1.00. The van der Waals surface area contributed by atoms with Gasteiger partial charge < -0.3 is 20.7 Å². The quantitative estimate of drug-likeness (QED) is 0.431. The van der Waals surface area contributed by atoms with Crippen LogP contribution in [0.1, 0.15) is 44.5 Å². The van der Waals surface area contributed by atoms with E-state index in [-0.39, 0.29) is 34.4 Å². The number of nitrogens with one attached hydrogen (secondary N) is 1. The topological polar surface area (TPSA) is 131 Å². The first-order chi connectivity index (χ1) is 16.5. The number of hydrogen-bond donors (Lipinski definition) is 2. The number of pyridine rings is 2. The SMILES string of the molecule is CCOC(=O)c1ccc(N2CCN(CCCNC3=C(N)C(=O)c4ncccc4C3=O)CC2)nc1. The lowest BCUT2D eigenvalue weighted by Gasteiger charge is -2.35. The summed E-state index contributed by atoms with van der Waals surface area (Å²) in [6.07, 6.45) is 3.83. The summed E-state index contributed by atoms with van der Waals surface area (Å²) in [5.41, 5.74) is 6.85. The molecule has 0 radical (unpaired) electrons. The first-order valence-corrected chi connectivity index (χ1v) is 11.4. The van der Waals surface area contributed by atoms with E-state index in [0.29, 0.717) is 18.7 Å². The van der Waals surface area contributed by atoms with E-state index in [1.54, 1.807) is 31.3 Å². The van der Waals surface area contributed by atoms with Gasteiger partial charge in [-0.15, -0.1) is 0 Å². The van der Waals surface area contributed by atoms with Crippen molar-refractivity contribution >= 4 is 23.4 Å². The Morgan fingerprint density at radius 1 is 1.12 bits per heavy atom. The zero-order valence-corrected chi connectivity index (χ0v) is 19.1. The number of fused-ring (bicyclic) bond motifs is 1. The van der Waals surface area contributed by atoms with Gasteiger partial charge in [-0.2, -0.15) is 0 Å². The lowest BCUT2D eigenvalue weighted by molar-refractivity contribution is 0.0525. The van der Waals surface area contributed by atoms with Gasteiger partial charge in [-0.1, -0.05) is 0 Å². The number of ether oxygens (including phenoxy) is 1. The summed E-state index contributed by atoms with van der Waals surface area (Å²) in [6.45, 7) is 6.90. The molecule has 2 aromatic heterocycles. The predicted molar refractivity (Wildman–Crippen MR) is 126 cm³/mol. The second kappa shape index (κ2) is 10.4. The molecule has 2 aliphatic rings. The maximum atomic E-state index is 12.7. The number of rotatable bonds is 8. The van der Waals surface area contributed by atoms with E-state index in [4.69, 9.17) is 10.5 Å². The first kappa shape index (κ1) is 23.4. The molecular weight excluding hydrogens is 436 g/mol. The Bertz CT molecular complexity index is 1110. The second-order valence-electron chi connectivity index (χ2n) is 8.08. The summed E-state index contributed by atoms with van der Waals surface area (Å²) in [4.78, 5) is 49.8. The molecule has 1 fully saturated rings. The zero-order valence-electron chi connectivity index (χ0n) is 19.1. The van der Waals surface area contributed by atoms with Crippen LogP contribution < -0.4 is 16.0 Å². The van der Waals surface area contributed by atoms with Gasteiger partial charge in [0, 0.05) is 45.1 Å². The highest BCUT2D eigenvalue weighted by Gasteiger charge is 2.31. The minimum atomic E-state index is -0.419. The van der Waals surface area contributed by atoms with E-state index < -0.39 is 5.78 Å². The molecule has 1 aliphatic carbocycles. The molecule has 10 heteroatoms. The van der Waals surface area contributed by atoms with E-state index in [1.807, 2.05) is 6.07 Å². The number of carbonyl (C=O) groups excluding carboxylic acids is 3. The average molecular weight is 465 g/mol. The van der Waals surface area contributed by atoms with Gasteiger partial charge in [-0.3, -0.25) is 19.5 Å². The molecule has 0 amide bonds. The van der Waals surface area contributed by atoms with E-state index in [0.717, 1.165) is 45.0 Å². The van der Waals surface area contributed by atoms with Crippen molar-refractivity contribution in [2.24, 2.45) is 5.73 Å². The van der Waals surface area contributed by atoms with E-state index >= 15 is 0 Å². The van der Waals surface area contributed by atoms with Crippen LogP contribution >= 0.6 is 0 Å². The van der Waals surface area contributed by atoms with E-state index in [1.165, 1.54) is 6.20 Å². The average Bonchev–Trinajstić information content (AvgIpc) is 2.87. The van der Waals surface area contributed by atoms with Gasteiger partial charge >= 0.3 is 5.97 Å². The van der Waals surface area contributed by atoms with Crippen LogP contribution in [-0.4, -0.2) is 78.3 Å². The summed E-state index contributed by atoms with van der Waals surface area (Å²) in [7, 11) is 0. The number of allylic oxidation sites excluding steroid dienone is 2. The fourth-order valence-corrected chi connectivity index (χ4v) is 4.07. The Morgan fingerprint density at radius 2 is 1.91 bits per heavy atom. The molecule has 178 valence electrons. The number of carbonyl (C=O) groups is 3. The molecule has 0 unspecified atom stereocenters. The summed E-state index contributed by atoms with van der Waals surface area (Å²) in [5.74, 6) is -0.238. The van der Waals surface area contributed by atoms with Crippen molar-refractivity contribution < 1.29 is 19.1 Å². The van der Waals surface area contributed by atoms with Crippen LogP contribution in [0, 0.1) is 0 Å². The van der Waals surface area contributed by atoms with Gasteiger partial charge in [-0.25, -0.2) is 9.78 Å². The molecule has 1 saturated heterocycles. The molecule has 0 aromatic carbocycles. The van der Waals surface area contributed by atoms with Gasteiger partial charge in [0.2, 0.25) is 11.6 Å². The summed E-state index contributed by atoms with van der Waals surface area (Å²) < 4.78 is 4.99. The Hall–Kier alpha value is -3.79. The zero-order chi connectivity index (χ0) is 24.1. The van der Waals surface area contributed by atoms with Gasteiger partial charge in [-0.05, 0) is 44.2 Å². The lowest BCUT2D eigenvalue weighted by atomic mass is 9.94. The van der Waals surface area contributed by atoms with Crippen LogP contribution in [0.25, 0.3) is 0 Å². The maximum absolute atomic E-state index is 12.7. The van der Waals surface area contributed by atoms with Gasteiger partial charge in [0.05, 0.1) is 17.7 Å². The van der Waals surface area contributed by atoms with Crippen molar-refractivity contribution in [3.05, 3.63) is 64.9 Å². The summed E-state index contributed by atoms with van der Waals surface area (Å²) in [5, 5.41) is 3.06. The van der Waals surface area contributed by atoms with Crippen LogP contribution in [0.3, 0.4) is 0 Å². The number of Topliss-reactive ketones (excluding diaryl/α,β-unsaturated/α-hetero) is 2. The second-order valence-corrected chi connectivity index (χ2v) is 8.08. The molecule has 34 heavy (non-hydrogen) atoms. The molecule has 10 nitrogen and oxygen atoms in total. The Morgan fingerprint density at radius 3 is 2.62 bits per heavy atom. The highest BCUT2D eigenvalue weighted by molar-refractivity contribution is 6.25. The van der Waals surface area contributed by atoms with Gasteiger partial charge in [0.25, 0.3) is 0 Å². The molecule has 0 spiro atoms. The van der Waals surface area contributed by atoms with Crippen LogP contribution in [-0.2, 0) is 4.74 Å². The van der Waals surface area contributed by atoms with Crippen molar-refractivity contribution in [3.63, 3.8) is 0 Å². The number of aromatic nitrogens is 2. The standard InChI is InChI=1S/C24H28N6O4/c1-2-34-24(33)16-6-7-18(28-15-16)30-13-11-29(12-14-30)10-4-9-27-21-19(25)23(32)20-17(22(21)31)5-3-8-26-20/h3,5-8,15,27H,2,4,9-14,25H2,1H3. The minimum Gasteiger partial charge on any atom is -0.462 e. The number of nitrogens with zero attached hydrogens (tertiary/aromatic N) is 4. The number of piperazine rings is 1. The third kappa shape index (κ3) is 4.91. The number of hydrogen-bond acceptors (Lipinski definition) is 10. The van der Waals surface area contributed by atoms with Crippen LogP contribution in [0.4, 0.5) is 5.82 Å². The third-order valence-electron chi connectivity index (χ3n) is 5.92. The van der Waals surface area contributed by atoms with Gasteiger partial charge in [0.15, 0.2) is 0 Å². The molecule has 4 rings (SSSR count). The molecule has 0 saturated carbocycles. The normalized spacial score (nSPS) is 16.4. The highest BCUT2D eigenvalue weighted by Crippen LogP contribution is 2.21. The monoisotopic (exact) mass is 464 g/mol. The molecule has 0 bridgehead atoms. The summed E-state index contributed by atoms with van der Waals surface area (Å²) >= 11 is 0. The lowest BCUT2D eigenvalue weighted by Crippen LogP contribution is -2.47. The van der Waals surface area contributed by atoms with Crippen molar-refractivity contribution in [2.45, 2.75) is 13.3 Å². The van der Waals surface area contributed by atoms with Crippen molar-refractivity contribution in [1.29, 1.82) is 0 Å². The van der Waals surface area contributed by atoms with Crippen LogP contribution in [0.5, 0.6) is 0 Å². The fraction of sp³-hybridized carbons (Fsp3) is 0.375. The molecule has 3 heterocycles. The summed E-state index contributed by atoms with van der Waals surface area (Å²) in [6, 6.07) is 6.81. The fourth-order valence-electron chi connectivity index (χ4n) is 4.07. The van der Waals surface area contributed by atoms with Crippen LogP contribution in [0.15, 0.2) is 48.1 Å². The van der Waals surface area contributed by atoms with Crippen molar-refractivity contribution in [3.8, 4) is 0 Å². The molecule has 2 aromatic rings. The van der Waals surface area contributed by atoms with Crippen LogP contribution in [0.2, 0.25) is 0 Å². The van der Waals surface area contributed by atoms with Crippen molar-refractivity contribution in [1.82, 2.24) is 20.2 Å². The van der Waals surface area contributed by atoms with Gasteiger partial charge in [0.1, 0.15) is 22.9 Å². The Labute approximate surface area is 197 Å². The third-order valence-corrected chi connectivity index (χ3v) is 5.92. The maximum Gasteiger partial charge on any atom is 0.339 e.